The molecule has 106 valence electrons. The van der Waals surface area contributed by atoms with Crippen LogP contribution in [0.3, 0.4) is 0 Å². The lowest BCUT2D eigenvalue weighted by Crippen LogP contribution is -3.17. The van der Waals surface area contributed by atoms with Gasteiger partial charge in [0.25, 0.3) is 0 Å². The third-order valence-electron chi connectivity index (χ3n) is 4.05. The monoisotopic (exact) mass is 283 g/mol. The molecule has 2 rings (SSSR count). The largest absolute Gasteiger partial charge is 0.331 e. The van der Waals surface area contributed by atoms with E-state index in [0.717, 1.165) is 19.5 Å². The Bertz CT molecular complexity index is 493. The Balaban J connectivity index is 2.06. The fraction of sp³-hybridized carbons (Fsp3) is 0.571. The van der Waals surface area contributed by atoms with Crippen molar-refractivity contribution < 1.29 is 13.3 Å². The lowest BCUT2D eigenvalue weighted by atomic mass is 10.2. The van der Waals surface area contributed by atoms with E-state index in [1.54, 1.807) is 28.6 Å². The molecule has 0 radical (unpaired) electrons. The lowest BCUT2D eigenvalue weighted by molar-refractivity contribution is -0.927. The van der Waals surface area contributed by atoms with Crippen LogP contribution in [0, 0.1) is 0 Å². The normalized spacial score (nSPS) is 20.3. The molecule has 0 spiro atoms. The van der Waals surface area contributed by atoms with Crippen molar-refractivity contribution in [2.45, 2.75) is 31.2 Å². The highest BCUT2D eigenvalue weighted by Gasteiger charge is 2.31. The third kappa shape index (κ3) is 3.16. The first kappa shape index (κ1) is 14.5. The molecular weight excluding hydrogens is 260 g/mol. The van der Waals surface area contributed by atoms with Gasteiger partial charge in [-0.3, -0.25) is 0 Å². The van der Waals surface area contributed by atoms with Gasteiger partial charge in [0.2, 0.25) is 10.0 Å². The van der Waals surface area contributed by atoms with Gasteiger partial charge in [0, 0.05) is 0 Å². The molecule has 0 aliphatic carbocycles. The van der Waals surface area contributed by atoms with Crippen molar-refractivity contribution in [1.29, 1.82) is 0 Å². The Morgan fingerprint density at radius 3 is 2.32 bits per heavy atom. The molecule has 0 amide bonds. The van der Waals surface area contributed by atoms with Crippen LogP contribution in [-0.4, -0.2) is 44.9 Å². The summed E-state index contributed by atoms with van der Waals surface area (Å²) in [7, 11) is -3.30. The zero-order chi connectivity index (χ0) is 13.9. The van der Waals surface area contributed by atoms with Crippen molar-refractivity contribution in [2.24, 2.45) is 0 Å². The molecule has 1 aromatic rings. The van der Waals surface area contributed by atoms with E-state index in [4.69, 9.17) is 0 Å². The van der Waals surface area contributed by atoms with E-state index in [1.165, 1.54) is 4.90 Å². The van der Waals surface area contributed by atoms with Crippen molar-refractivity contribution >= 4 is 10.0 Å². The molecule has 0 saturated carbocycles. The molecule has 1 heterocycles. The van der Waals surface area contributed by atoms with E-state index >= 15 is 0 Å². The zero-order valence-electron chi connectivity index (χ0n) is 11.7. The van der Waals surface area contributed by atoms with Gasteiger partial charge in [0.15, 0.2) is 0 Å². The number of hydrogen-bond donors (Lipinski definition) is 1. The van der Waals surface area contributed by atoms with E-state index in [1.807, 2.05) is 6.07 Å². The number of nitrogens with zero attached hydrogens (tertiary/aromatic N) is 1. The van der Waals surface area contributed by atoms with Crippen LogP contribution in [0.15, 0.2) is 35.2 Å². The molecule has 19 heavy (non-hydrogen) atoms. The van der Waals surface area contributed by atoms with Gasteiger partial charge in [0.1, 0.15) is 0 Å². The summed E-state index contributed by atoms with van der Waals surface area (Å²) in [6, 6.07) is 9.33. The summed E-state index contributed by atoms with van der Waals surface area (Å²) in [6.45, 7) is 7.47. The van der Waals surface area contributed by atoms with Crippen LogP contribution < -0.4 is 4.90 Å². The van der Waals surface area contributed by atoms with Crippen LogP contribution >= 0.6 is 0 Å². The predicted molar refractivity (Wildman–Crippen MR) is 75.7 cm³/mol. The average Bonchev–Trinajstić information content (AvgIpc) is 2.47. The van der Waals surface area contributed by atoms with Crippen molar-refractivity contribution in [1.82, 2.24) is 4.31 Å². The molecule has 1 aromatic carbocycles. The highest BCUT2D eigenvalue weighted by molar-refractivity contribution is 7.89. The number of rotatable bonds is 4. The molecule has 1 aliphatic heterocycles. The molecular formula is C14H23N2O2S+. The number of nitrogens with one attached hydrogen (secondary N) is 1. The highest BCUT2D eigenvalue weighted by atomic mass is 32.2. The number of quaternary nitrogens is 1. The molecule has 1 aliphatic rings. The zero-order valence-corrected chi connectivity index (χ0v) is 12.5. The highest BCUT2D eigenvalue weighted by Crippen LogP contribution is 2.14. The minimum Gasteiger partial charge on any atom is -0.331 e. The van der Waals surface area contributed by atoms with Crippen LogP contribution in [-0.2, 0) is 10.0 Å². The molecule has 0 bridgehead atoms. The molecule has 1 saturated heterocycles. The topological polar surface area (TPSA) is 41.8 Å². The number of sulfonamides is 1. The summed E-state index contributed by atoms with van der Waals surface area (Å²) in [4.78, 5) is 1.92. The smallest absolute Gasteiger partial charge is 0.243 e. The van der Waals surface area contributed by atoms with Gasteiger partial charge >= 0.3 is 0 Å². The third-order valence-corrected chi connectivity index (χ3v) is 5.97. The summed E-state index contributed by atoms with van der Waals surface area (Å²) in [5, 5.41) is 0. The van der Waals surface area contributed by atoms with E-state index in [0.29, 0.717) is 24.0 Å². The Morgan fingerprint density at radius 1 is 1.21 bits per heavy atom. The Labute approximate surface area is 116 Å². The molecule has 5 heteroatoms. The van der Waals surface area contributed by atoms with Gasteiger partial charge in [-0.2, -0.15) is 4.31 Å². The summed E-state index contributed by atoms with van der Waals surface area (Å²) in [6.07, 6.45) is 1.14. The van der Waals surface area contributed by atoms with Gasteiger partial charge in [-0.05, 0) is 25.5 Å². The molecule has 1 atom stereocenters. The first-order valence-electron chi connectivity index (χ1n) is 6.95. The maximum absolute atomic E-state index is 12.4. The number of hydrogen-bond acceptors (Lipinski definition) is 2. The first-order valence-corrected chi connectivity index (χ1v) is 8.39. The van der Waals surface area contributed by atoms with Gasteiger partial charge in [-0.25, -0.2) is 8.42 Å². The van der Waals surface area contributed by atoms with E-state index in [-0.39, 0.29) is 0 Å². The number of piperazine rings is 1. The van der Waals surface area contributed by atoms with Crippen LogP contribution in [0.2, 0.25) is 0 Å². The van der Waals surface area contributed by atoms with Crippen molar-refractivity contribution in [3.05, 3.63) is 30.3 Å². The fourth-order valence-electron chi connectivity index (χ4n) is 2.54. The molecule has 0 aromatic heterocycles. The molecule has 1 fully saturated rings. The van der Waals surface area contributed by atoms with Gasteiger partial charge in [0.05, 0.1) is 37.1 Å². The average molecular weight is 283 g/mol. The van der Waals surface area contributed by atoms with Gasteiger partial charge < -0.3 is 4.90 Å². The van der Waals surface area contributed by atoms with Crippen LogP contribution in [0.4, 0.5) is 0 Å². The molecule has 4 nitrogen and oxygen atoms in total. The standard InChI is InChI=1S/C14H22N2O2S/c1-3-13(2)15-9-11-16(12-10-15)19(17,18)14-7-5-4-6-8-14/h4-8,13H,3,9-12H2,1-2H3/p+1/t13-/m0/s1. The Morgan fingerprint density at radius 2 is 1.79 bits per heavy atom. The second-order valence-electron chi connectivity index (χ2n) is 5.18. The minimum atomic E-state index is -3.30. The lowest BCUT2D eigenvalue weighted by Gasteiger charge is -2.34. The van der Waals surface area contributed by atoms with Crippen LogP contribution in [0.25, 0.3) is 0 Å². The summed E-state index contributed by atoms with van der Waals surface area (Å²) < 4.78 is 26.5. The van der Waals surface area contributed by atoms with Crippen molar-refractivity contribution in [2.75, 3.05) is 26.2 Å². The Kier molecular flexibility index (Phi) is 4.60. The number of benzene rings is 1. The Hall–Kier alpha value is -0.910. The summed E-state index contributed by atoms with van der Waals surface area (Å²) in [5.74, 6) is 0. The SMILES string of the molecule is CC[C@H](C)[NH+]1CCN(S(=O)(=O)c2ccccc2)CC1. The van der Waals surface area contributed by atoms with Gasteiger partial charge in [-0.1, -0.05) is 25.1 Å². The van der Waals surface area contributed by atoms with E-state index in [9.17, 15) is 8.42 Å². The molecule has 0 unspecified atom stereocenters. The predicted octanol–water partition coefficient (Wildman–Crippen LogP) is 0.374. The summed E-state index contributed by atoms with van der Waals surface area (Å²) in [5.41, 5.74) is 0. The fourth-order valence-corrected chi connectivity index (χ4v) is 4.00. The maximum Gasteiger partial charge on any atom is 0.243 e. The van der Waals surface area contributed by atoms with E-state index in [2.05, 4.69) is 13.8 Å². The second kappa shape index (κ2) is 6.03. The maximum atomic E-state index is 12.4. The second-order valence-corrected chi connectivity index (χ2v) is 7.12. The minimum absolute atomic E-state index is 0.405. The van der Waals surface area contributed by atoms with Crippen LogP contribution in [0.1, 0.15) is 20.3 Å². The van der Waals surface area contributed by atoms with Gasteiger partial charge in [-0.15, -0.1) is 0 Å². The van der Waals surface area contributed by atoms with Crippen molar-refractivity contribution in [3.8, 4) is 0 Å². The molecule has 1 N–H and O–H groups in total. The van der Waals surface area contributed by atoms with E-state index < -0.39 is 10.0 Å². The van der Waals surface area contributed by atoms with Crippen molar-refractivity contribution in [3.63, 3.8) is 0 Å². The first-order chi connectivity index (χ1) is 9.05. The van der Waals surface area contributed by atoms with Crippen LogP contribution in [0.5, 0.6) is 0 Å². The summed E-state index contributed by atoms with van der Waals surface area (Å²) >= 11 is 0. The quantitative estimate of drug-likeness (QED) is 0.868.